The van der Waals surface area contributed by atoms with Gasteiger partial charge in [0.1, 0.15) is 0 Å². The minimum Gasteiger partial charge on any atom is -0.515 e. The topological polar surface area (TPSA) is 60.8 Å². The van der Waals surface area contributed by atoms with E-state index in [1.54, 1.807) is 25.1 Å². The zero-order chi connectivity index (χ0) is 10.0. The first-order chi connectivity index (χ1) is 6.11. The molecule has 0 fully saturated rings. The first-order valence-corrected chi connectivity index (χ1v) is 4.04. The van der Waals surface area contributed by atoms with Gasteiger partial charge in [-0.1, -0.05) is 0 Å². The molecule has 0 aromatic heterocycles. The number of ketones is 1. The zero-order valence-electron chi connectivity index (χ0n) is 7.69. The molecule has 0 amide bonds. The van der Waals surface area contributed by atoms with Gasteiger partial charge in [0, 0.05) is 18.8 Å². The SMILES string of the molecule is CC1C(=O)/C(=C/O)C(CO)=CN1C. The van der Waals surface area contributed by atoms with Crippen LogP contribution in [0.1, 0.15) is 6.92 Å². The van der Waals surface area contributed by atoms with E-state index < -0.39 is 0 Å². The molecule has 1 aliphatic rings. The quantitative estimate of drug-likeness (QED) is 0.450. The van der Waals surface area contributed by atoms with E-state index >= 15 is 0 Å². The lowest BCUT2D eigenvalue weighted by atomic mass is 9.95. The number of carbonyl (C=O) groups is 1. The number of rotatable bonds is 1. The molecule has 0 radical (unpaired) electrons. The Morgan fingerprint density at radius 2 is 2.31 bits per heavy atom. The Morgan fingerprint density at radius 1 is 1.69 bits per heavy atom. The molecule has 72 valence electrons. The highest BCUT2D eigenvalue weighted by molar-refractivity contribution is 6.03. The monoisotopic (exact) mass is 183 g/mol. The Hall–Kier alpha value is -1.29. The van der Waals surface area contributed by atoms with Crippen LogP contribution in [-0.4, -0.2) is 40.6 Å². The summed E-state index contributed by atoms with van der Waals surface area (Å²) in [5.74, 6) is -0.170. The molecular formula is C9H13NO3. The van der Waals surface area contributed by atoms with Crippen molar-refractivity contribution < 1.29 is 15.0 Å². The fourth-order valence-corrected chi connectivity index (χ4v) is 1.27. The lowest BCUT2D eigenvalue weighted by molar-refractivity contribution is -0.119. The Morgan fingerprint density at radius 3 is 2.77 bits per heavy atom. The van der Waals surface area contributed by atoms with Crippen LogP contribution in [0.2, 0.25) is 0 Å². The van der Waals surface area contributed by atoms with Crippen LogP contribution in [0.25, 0.3) is 0 Å². The van der Waals surface area contributed by atoms with Crippen LogP contribution >= 0.6 is 0 Å². The summed E-state index contributed by atoms with van der Waals surface area (Å²) in [5, 5.41) is 17.7. The molecule has 0 saturated carbocycles. The maximum atomic E-state index is 11.5. The molecule has 1 rings (SSSR count). The van der Waals surface area contributed by atoms with Gasteiger partial charge in [0.05, 0.1) is 24.5 Å². The molecule has 1 unspecified atom stereocenters. The standard InChI is InChI=1S/C9H13NO3/c1-6-9(13)8(5-12)7(4-11)3-10(6)2/h3,5-6,11-12H,4H2,1-2H3/b8-5+. The number of likely N-dealkylation sites (N-methyl/N-ethyl adjacent to an activating group) is 1. The van der Waals surface area contributed by atoms with Gasteiger partial charge in [0.25, 0.3) is 0 Å². The van der Waals surface area contributed by atoms with Gasteiger partial charge in [-0.2, -0.15) is 0 Å². The summed E-state index contributed by atoms with van der Waals surface area (Å²) in [5.41, 5.74) is 0.654. The predicted octanol–water partition coefficient (Wildman–Crippen LogP) is 0.208. The van der Waals surface area contributed by atoms with Gasteiger partial charge in [-0.05, 0) is 6.92 Å². The lowest BCUT2D eigenvalue weighted by Crippen LogP contribution is -2.38. The molecular weight excluding hydrogens is 170 g/mol. The van der Waals surface area contributed by atoms with Crippen LogP contribution in [0.4, 0.5) is 0 Å². The summed E-state index contributed by atoms with van der Waals surface area (Å²) < 4.78 is 0. The van der Waals surface area contributed by atoms with Crippen molar-refractivity contribution in [3.63, 3.8) is 0 Å². The molecule has 1 atom stereocenters. The van der Waals surface area contributed by atoms with Crippen molar-refractivity contribution in [2.75, 3.05) is 13.7 Å². The molecule has 0 saturated heterocycles. The molecule has 0 aromatic carbocycles. The van der Waals surface area contributed by atoms with Crippen molar-refractivity contribution in [2.45, 2.75) is 13.0 Å². The van der Waals surface area contributed by atoms with Gasteiger partial charge in [-0.15, -0.1) is 0 Å². The maximum absolute atomic E-state index is 11.5. The van der Waals surface area contributed by atoms with Gasteiger partial charge in [0.2, 0.25) is 0 Å². The summed E-state index contributed by atoms with van der Waals surface area (Å²) >= 11 is 0. The van der Waals surface area contributed by atoms with Crippen LogP contribution in [0.5, 0.6) is 0 Å². The molecule has 4 nitrogen and oxygen atoms in total. The highest BCUT2D eigenvalue weighted by Gasteiger charge is 2.27. The Balaban J connectivity index is 3.09. The Kier molecular flexibility index (Phi) is 2.72. The summed E-state index contributed by atoms with van der Waals surface area (Å²) in [6, 6.07) is -0.284. The molecule has 1 aliphatic heterocycles. The fraction of sp³-hybridized carbons (Fsp3) is 0.444. The van der Waals surface area contributed by atoms with Gasteiger partial charge < -0.3 is 15.1 Å². The van der Waals surface area contributed by atoms with Crippen molar-refractivity contribution in [1.29, 1.82) is 0 Å². The first kappa shape index (κ1) is 9.80. The minimum atomic E-state index is -0.284. The molecule has 0 bridgehead atoms. The van der Waals surface area contributed by atoms with Crippen molar-refractivity contribution in [2.24, 2.45) is 0 Å². The number of Topliss-reactive ketones (excluding diaryl/α,β-unsaturated/α-hetero) is 1. The summed E-state index contributed by atoms with van der Waals surface area (Å²) in [4.78, 5) is 13.2. The number of aliphatic hydroxyl groups is 2. The van der Waals surface area contributed by atoms with Crippen LogP contribution in [0.15, 0.2) is 23.6 Å². The van der Waals surface area contributed by atoms with Crippen molar-refractivity contribution in [3.8, 4) is 0 Å². The van der Waals surface area contributed by atoms with E-state index in [0.29, 0.717) is 5.57 Å². The number of nitrogens with zero attached hydrogens (tertiary/aromatic N) is 1. The maximum Gasteiger partial charge on any atom is 0.188 e. The lowest BCUT2D eigenvalue weighted by Gasteiger charge is -2.29. The zero-order valence-corrected chi connectivity index (χ0v) is 7.69. The highest BCUT2D eigenvalue weighted by atomic mass is 16.3. The normalized spacial score (nSPS) is 26.5. The van der Waals surface area contributed by atoms with E-state index in [1.165, 1.54) is 0 Å². The summed E-state index contributed by atoms with van der Waals surface area (Å²) in [6.45, 7) is 1.51. The van der Waals surface area contributed by atoms with E-state index in [0.717, 1.165) is 6.26 Å². The van der Waals surface area contributed by atoms with Crippen molar-refractivity contribution >= 4 is 5.78 Å². The molecule has 0 aliphatic carbocycles. The third-order valence-corrected chi connectivity index (χ3v) is 2.26. The second kappa shape index (κ2) is 3.62. The Labute approximate surface area is 76.8 Å². The van der Waals surface area contributed by atoms with E-state index in [4.69, 9.17) is 10.2 Å². The fourth-order valence-electron chi connectivity index (χ4n) is 1.27. The third kappa shape index (κ3) is 1.58. The van der Waals surface area contributed by atoms with Crippen LogP contribution < -0.4 is 0 Å². The second-order valence-corrected chi connectivity index (χ2v) is 3.06. The van der Waals surface area contributed by atoms with Crippen LogP contribution in [0, 0.1) is 0 Å². The van der Waals surface area contributed by atoms with E-state index in [-0.39, 0.29) is 24.0 Å². The number of hydrogen-bond donors (Lipinski definition) is 2. The predicted molar refractivity (Wildman–Crippen MR) is 48.1 cm³/mol. The average Bonchev–Trinajstić information content (AvgIpc) is 2.13. The van der Waals surface area contributed by atoms with Crippen molar-refractivity contribution in [3.05, 3.63) is 23.6 Å². The van der Waals surface area contributed by atoms with Gasteiger partial charge in [-0.3, -0.25) is 4.79 Å². The smallest absolute Gasteiger partial charge is 0.188 e. The number of hydrogen-bond acceptors (Lipinski definition) is 4. The van der Waals surface area contributed by atoms with E-state index in [1.807, 2.05) is 0 Å². The van der Waals surface area contributed by atoms with Crippen LogP contribution in [-0.2, 0) is 4.79 Å². The minimum absolute atomic E-state index is 0.170. The molecule has 0 spiro atoms. The Bertz CT molecular complexity index is 281. The average molecular weight is 183 g/mol. The second-order valence-electron chi connectivity index (χ2n) is 3.06. The van der Waals surface area contributed by atoms with Crippen LogP contribution in [0.3, 0.4) is 0 Å². The van der Waals surface area contributed by atoms with Gasteiger partial charge in [-0.25, -0.2) is 0 Å². The summed E-state index contributed by atoms with van der Waals surface area (Å²) in [6.07, 6.45) is 2.42. The first-order valence-electron chi connectivity index (χ1n) is 4.04. The molecule has 2 N–H and O–H groups in total. The van der Waals surface area contributed by atoms with Gasteiger partial charge in [0.15, 0.2) is 5.78 Å². The third-order valence-electron chi connectivity index (χ3n) is 2.26. The van der Waals surface area contributed by atoms with E-state index in [2.05, 4.69) is 0 Å². The number of carbonyl (C=O) groups excluding carboxylic acids is 1. The van der Waals surface area contributed by atoms with Crippen molar-refractivity contribution in [1.82, 2.24) is 4.90 Å². The molecule has 0 aromatic rings. The van der Waals surface area contributed by atoms with Gasteiger partial charge >= 0.3 is 0 Å². The molecule has 4 heteroatoms. The van der Waals surface area contributed by atoms with E-state index in [9.17, 15) is 4.79 Å². The summed E-state index contributed by atoms with van der Waals surface area (Å²) in [7, 11) is 1.76. The molecule has 13 heavy (non-hydrogen) atoms. The number of aliphatic hydroxyl groups excluding tert-OH is 2. The molecule has 1 heterocycles. The largest absolute Gasteiger partial charge is 0.515 e. The highest BCUT2D eigenvalue weighted by Crippen LogP contribution is 2.20.